The Labute approximate surface area is 127 Å². The number of nitrogens with one attached hydrogen (secondary N) is 1. The summed E-state index contributed by atoms with van der Waals surface area (Å²) in [6, 6.07) is 10.6. The van der Waals surface area contributed by atoms with Gasteiger partial charge < -0.3 is 10.1 Å². The van der Waals surface area contributed by atoms with Crippen molar-refractivity contribution in [3.63, 3.8) is 0 Å². The average molecular weight is 305 g/mol. The zero-order chi connectivity index (χ0) is 16.1. The van der Waals surface area contributed by atoms with E-state index in [4.69, 9.17) is 4.74 Å². The molecule has 0 aliphatic heterocycles. The Kier molecular flexibility index (Phi) is 5.09. The molecule has 0 aliphatic carbocycles. The first kappa shape index (κ1) is 15.9. The van der Waals surface area contributed by atoms with E-state index in [9.17, 15) is 13.6 Å². The van der Waals surface area contributed by atoms with Crippen LogP contribution >= 0.6 is 0 Å². The van der Waals surface area contributed by atoms with Gasteiger partial charge in [-0.3, -0.25) is 4.79 Å². The summed E-state index contributed by atoms with van der Waals surface area (Å²) >= 11 is 0. The third kappa shape index (κ3) is 4.28. The molecule has 0 heterocycles. The van der Waals surface area contributed by atoms with Gasteiger partial charge in [-0.05, 0) is 35.7 Å². The van der Waals surface area contributed by atoms with Crippen molar-refractivity contribution in [2.24, 2.45) is 0 Å². The van der Waals surface area contributed by atoms with E-state index in [-0.39, 0.29) is 18.3 Å². The van der Waals surface area contributed by atoms with Crippen LogP contribution in [0.4, 0.5) is 14.5 Å². The lowest BCUT2D eigenvalue weighted by Crippen LogP contribution is -2.20. The third-order valence-electron chi connectivity index (χ3n) is 3.12. The number of anilines is 1. The maximum absolute atomic E-state index is 13.0. The van der Waals surface area contributed by atoms with Crippen molar-refractivity contribution in [1.82, 2.24) is 0 Å². The van der Waals surface area contributed by atoms with Crippen LogP contribution in [0.5, 0.6) is 5.75 Å². The summed E-state index contributed by atoms with van der Waals surface area (Å²) in [6.07, 6.45) is 0. The summed E-state index contributed by atoms with van der Waals surface area (Å²) in [4.78, 5) is 11.8. The van der Waals surface area contributed by atoms with Gasteiger partial charge in [-0.2, -0.15) is 0 Å². The van der Waals surface area contributed by atoms with Crippen LogP contribution in [0.15, 0.2) is 42.5 Å². The number of hydrogen-bond donors (Lipinski definition) is 1. The first-order chi connectivity index (χ1) is 10.5. The fourth-order valence-electron chi connectivity index (χ4n) is 1.86. The molecule has 1 amide bonds. The number of amides is 1. The fraction of sp³-hybridized carbons (Fsp3) is 0.235. The second-order valence-electron chi connectivity index (χ2n) is 5.19. The second kappa shape index (κ2) is 7.02. The molecule has 0 aromatic heterocycles. The smallest absolute Gasteiger partial charge is 0.262 e. The summed E-state index contributed by atoms with van der Waals surface area (Å²) in [5.41, 5.74) is 1.83. The van der Waals surface area contributed by atoms with Gasteiger partial charge in [0.1, 0.15) is 5.75 Å². The van der Waals surface area contributed by atoms with Crippen LogP contribution in [0.25, 0.3) is 0 Å². The van der Waals surface area contributed by atoms with Crippen molar-refractivity contribution in [3.8, 4) is 5.75 Å². The molecule has 0 spiro atoms. The van der Waals surface area contributed by atoms with Gasteiger partial charge in [0, 0.05) is 11.8 Å². The maximum Gasteiger partial charge on any atom is 0.262 e. The van der Waals surface area contributed by atoms with Crippen LogP contribution in [0.2, 0.25) is 0 Å². The molecule has 0 aliphatic rings. The van der Waals surface area contributed by atoms with Crippen molar-refractivity contribution in [1.29, 1.82) is 0 Å². The topological polar surface area (TPSA) is 38.3 Å². The van der Waals surface area contributed by atoms with E-state index in [0.717, 1.165) is 12.1 Å². The molecule has 0 saturated heterocycles. The SMILES string of the molecule is CC(C)c1ccc(NC(=O)COc2ccc(F)c(F)c2)cc1. The predicted molar refractivity (Wildman–Crippen MR) is 81.0 cm³/mol. The molecule has 2 aromatic carbocycles. The largest absolute Gasteiger partial charge is 0.484 e. The van der Waals surface area contributed by atoms with Crippen LogP contribution < -0.4 is 10.1 Å². The first-order valence-electron chi connectivity index (χ1n) is 6.93. The molecular weight excluding hydrogens is 288 g/mol. The lowest BCUT2D eigenvalue weighted by Gasteiger charge is -2.09. The number of ether oxygens (including phenoxy) is 1. The monoisotopic (exact) mass is 305 g/mol. The van der Waals surface area contributed by atoms with E-state index in [1.54, 1.807) is 0 Å². The van der Waals surface area contributed by atoms with E-state index < -0.39 is 11.6 Å². The highest BCUT2D eigenvalue weighted by molar-refractivity contribution is 5.91. The van der Waals surface area contributed by atoms with Gasteiger partial charge in [-0.25, -0.2) is 8.78 Å². The Hall–Kier alpha value is -2.43. The number of rotatable bonds is 5. The highest BCUT2D eigenvalue weighted by atomic mass is 19.2. The summed E-state index contributed by atoms with van der Waals surface area (Å²) in [5, 5.41) is 2.67. The van der Waals surface area contributed by atoms with E-state index in [1.165, 1.54) is 11.6 Å². The van der Waals surface area contributed by atoms with E-state index in [1.807, 2.05) is 24.3 Å². The van der Waals surface area contributed by atoms with Crippen LogP contribution in [0.3, 0.4) is 0 Å². The predicted octanol–water partition coefficient (Wildman–Crippen LogP) is 4.11. The lowest BCUT2D eigenvalue weighted by molar-refractivity contribution is -0.118. The standard InChI is InChI=1S/C17H17F2NO2/c1-11(2)12-3-5-13(6-4-12)20-17(21)10-22-14-7-8-15(18)16(19)9-14/h3-9,11H,10H2,1-2H3,(H,20,21). The van der Waals surface area contributed by atoms with E-state index in [2.05, 4.69) is 19.2 Å². The first-order valence-corrected chi connectivity index (χ1v) is 6.93. The maximum atomic E-state index is 13.0. The summed E-state index contributed by atoms with van der Waals surface area (Å²) in [5.74, 6) is -1.82. The van der Waals surface area contributed by atoms with Crippen LogP contribution in [0.1, 0.15) is 25.3 Å². The Balaban J connectivity index is 1.88. The Bertz CT molecular complexity index is 654. The number of carbonyl (C=O) groups is 1. The molecule has 2 rings (SSSR count). The molecule has 0 saturated carbocycles. The Morgan fingerprint density at radius 3 is 2.36 bits per heavy atom. The molecule has 116 valence electrons. The van der Waals surface area contributed by atoms with Crippen LogP contribution in [-0.4, -0.2) is 12.5 Å². The minimum atomic E-state index is -1.01. The summed E-state index contributed by atoms with van der Waals surface area (Å²) < 4.78 is 30.9. The highest BCUT2D eigenvalue weighted by Crippen LogP contribution is 2.18. The number of halogens is 2. The van der Waals surface area contributed by atoms with E-state index >= 15 is 0 Å². The summed E-state index contributed by atoms with van der Waals surface area (Å²) in [7, 11) is 0. The van der Waals surface area contributed by atoms with Crippen molar-refractivity contribution >= 4 is 11.6 Å². The Morgan fingerprint density at radius 2 is 1.77 bits per heavy atom. The number of hydrogen-bond acceptors (Lipinski definition) is 2. The second-order valence-corrected chi connectivity index (χ2v) is 5.19. The molecule has 0 atom stereocenters. The minimum absolute atomic E-state index is 0.101. The molecule has 5 heteroatoms. The highest BCUT2D eigenvalue weighted by Gasteiger charge is 2.07. The molecule has 0 fully saturated rings. The zero-order valence-electron chi connectivity index (χ0n) is 12.4. The van der Waals surface area contributed by atoms with Crippen molar-refractivity contribution in [3.05, 3.63) is 59.7 Å². The molecule has 22 heavy (non-hydrogen) atoms. The van der Waals surface area contributed by atoms with Crippen molar-refractivity contribution in [2.75, 3.05) is 11.9 Å². The van der Waals surface area contributed by atoms with Crippen LogP contribution in [0, 0.1) is 11.6 Å². The molecule has 2 aromatic rings. The molecule has 0 unspecified atom stereocenters. The van der Waals surface area contributed by atoms with Gasteiger partial charge in [0.05, 0.1) is 0 Å². The molecule has 3 nitrogen and oxygen atoms in total. The van der Waals surface area contributed by atoms with Gasteiger partial charge in [0.15, 0.2) is 18.2 Å². The van der Waals surface area contributed by atoms with Gasteiger partial charge >= 0.3 is 0 Å². The van der Waals surface area contributed by atoms with E-state index in [0.29, 0.717) is 11.6 Å². The summed E-state index contributed by atoms with van der Waals surface area (Å²) in [6.45, 7) is 3.89. The normalized spacial score (nSPS) is 10.6. The van der Waals surface area contributed by atoms with Crippen LogP contribution in [-0.2, 0) is 4.79 Å². The molecule has 1 N–H and O–H groups in total. The van der Waals surface area contributed by atoms with Gasteiger partial charge in [0.25, 0.3) is 5.91 Å². The van der Waals surface area contributed by atoms with Gasteiger partial charge in [-0.1, -0.05) is 26.0 Å². The van der Waals surface area contributed by atoms with Gasteiger partial charge in [-0.15, -0.1) is 0 Å². The number of benzene rings is 2. The lowest BCUT2D eigenvalue weighted by atomic mass is 10.0. The minimum Gasteiger partial charge on any atom is -0.484 e. The number of carbonyl (C=O) groups excluding carboxylic acids is 1. The van der Waals surface area contributed by atoms with Crippen molar-refractivity contribution < 1.29 is 18.3 Å². The molecule has 0 radical (unpaired) electrons. The average Bonchev–Trinajstić information content (AvgIpc) is 2.49. The quantitative estimate of drug-likeness (QED) is 0.903. The molecule has 0 bridgehead atoms. The van der Waals surface area contributed by atoms with Crippen molar-refractivity contribution in [2.45, 2.75) is 19.8 Å². The zero-order valence-corrected chi connectivity index (χ0v) is 12.4. The molecular formula is C17H17F2NO2. The van der Waals surface area contributed by atoms with Gasteiger partial charge in [0.2, 0.25) is 0 Å². The Morgan fingerprint density at radius 1 is 1.09 bits per heavy atom. The fourth-order valence-corrected chi connectivity index (χ4v) is 1.86. The third-order valence-corrected chi connectivity index (χ3v) is 3.12.